The number of hydrogen-bond donors (Lipinski definition) is 0. The molecule has 52 heavy (non-hydrogen) atoms. The molecule has 258 valence electrons. The van der Waals surface area contributed by atoms with Gasteiger partial charge in [-0.1, -0.05) is 72.8 Å². The Labute approximate surface area is 304 Å². The van der Waals surface area contributed by atoms with Gasteiger partial charge in [0.05, 0.1) is 33.9 Å². The van der Waals surface area contributed by atoms with Gasteiger partial charge in [0, 0.05) is 49.9 Å². The summed E-state index contributed by atoms with van der Waals surface area (Å²) in [6.07, 6.45) is 0. The van der Waals surface area contributed by atoms with Gasteiger partial charge in [-0.2, -0.15) is 0 Å². The van der Waals surface area contributed by atoms with Crippen LogP contribution < -0.4 is 9.80 Å². The number of benzene rings is 4. The first-order valence-corrected chi connectivity index (χ1v) is 17.7. The van der Waals surface area contributed by atoms with Crippen molar-refractivity contribution in [1.82, 2.24) is 18.9 Å². The van der Waals surface area contributed by atoms with Crippen molar-refractivity contribution in [1.29, 1.82) is 0 Å². The summed E-state index contributed by atoms with van der Waals surface area (Å²) in [7, 11) is 4.00. The van der Waals surface area contributed by atoms with Crippen LogP contribution in [0.15, 0.2) is 157 Å². The third-order valence-corrected chi connectivity index (χ3v) is 10.0. The molecular formula is C44H40N6O2. The van der Waals surface area contributed by atoms with Gasteiger partial charge in [-0.3, -0.25) is 19.4 Å². The second kappa shape index (κ2) is 13.3. The second-order valence-corrected chi connectivity index (χ2v) is 12.8. The van der Waals surface area contributed by atoms with Crippen molar-refractivity contribution < 1.29 is 9.59 Å². The standard InChI is InChI=1S/C44H40N6O2/c1-5-47-41(35-27-29-37(45(35)3)49(31-19-11-7-12-20-31)32-21-13-8-14-22-32)39-40(43(47)51)42(48(6-2)44(39)52)36-28-30-38(46(36)4)50(33-23-15-9-16-24-33)34-25-17-10-18-26-34/h7-30H,5-6H2,1-4H3. The van der Waals surface area contributed by atoms with Crippen LogP contribution in [0, 0.1) is 0 Å². The van der Waals surface area contributed by atoms with Crippen molar-refractivity contribution in [2.45, 2.75) is 13.8 Å². The van der Waals surface area contributed by atoms with Gasteiger partial charge in [-0.15, -0.1) is 0 Å². The molecule has 8 rings (SSSR count). The maximum atomic E-state index is 14.6. The zero-order valence-corrected chi connectivity index (χ0v) is 29.8. The van der Waals surface area contributed by atoms with E-state index in [0.29, 0.717) is 35.6 Å². The van der Waals surface area contributed by atoms with Crippen molar-refractivity contribution in [3.63, 3.8) is 0 Å². The minimum atomic E-state index is -0.164. The number of aromatic nitrogens is 2. The minimum Gasteiger partial charge on any atom is -0.329 e. The summed E-state index contributed by atoms with van der Waals surface area (Å²) in [5, 5.41) is 0. The molecule has 4 aromatic carbocycles. The lowest BCUT2D eigenvalue weighted by Gasteiger charge is -2.28. The lowest BCUT2D eigenvalue weighted by atomic mass is 10.1. The van der Waals surface area contributed by atoms with Gasteiger partial charge in [-0.25, -0.2) is 0 Å². The van der Waals surface area contributed by atoms with Crippen LogP contribution in [0.5, 0.6) is 0 Å². The zero-order chi connectivity index (χ0) is 35.9. The fourth-order valence-corrected chi connectivity index (χ4v) is 7.59. The van der Waals surface area contributed by atoms with Crippen LogP contribution in [-0.4, -0.2) is 43.8 Å². The second-order valence-electron chi connectivity index (χ2n) is 12.8. The van der Waals surface area contributed by atoms with E-state index >= 15 is 0 Å². The van der Waals surface area contributed by atoms with Crippen molar-refractivity contribution in [3.8, 4) is 0 Å². The van der Waals surface area contributed by atoms with E-state index in [1.165, 1.54) is 0 Å². The highest BCUT2D eigenvalue weighted by molar-refractivity contribution is 6.30. The number of carbonyl (C=O) groups is 2. The molecule has 0 aliphatic carbocycles. The summed E-state index contributed by atoms with van der Waals surface area (Å²) >= 11 is 0. The maximum absolute atomic E-state index is 14.6. The van der Waals surface area contributed by atoms with Gasteiger partial charge in [0.25, 0.3) is 11.8 Å². The summed E-state index contributed by atoms with van der Waals surface area (Å²) in [6, 6.07) is 49.0. The molecule has 6 aromatic rings. The van der Waals surface area contributed by atoms with Crippen LogP contribution in [0.25, 0.3) is 11.4 Å². The normalized spacial score (nSPS) is 14.2. The number of nitrogens with zero attached hydrogens (tertiary/aromatic N) is 6. The molecular weight excluding hydrogens is 645 g/mol. The zero-order valence-electron chi connectivity index (χ0n) is 29.8. The van der Waals surface area contributed by atoms with Gasteiger partial charge in [0.1, 0.15) is 11.6 Å². The molecule has 8 nitrogen and oxygen atoms in total. The topological polar surface area (TPSA) is 57.0 Å². The average Bonchev–Trinajstić information content (AvgIpc) is 3.91. The largest absolute Gasteiger partial charge is 0.329 e. The molecule has 0 saturated heterocycles. The Morgan fingerprint density at radius 1 is 0.423 bits per heavy atom. The van der Waals surface area contributed by atoms with E-state index in [2.05, 4.69) is 79.6 Å². The summed E-state index contributed by atoms with van der Waals surface area (Å²) in [5.74, 6) is 1.49. The number of amides is 2. The average molecular weight is 685 g/mol. The van der Waals surface area contributed by atoms with Crippen LogP contribution in [0.4, 0.5) is 34.4 Å². The SMILES string of the molecule is CCN1C(=O)C2=C(c3ccc(N(c4ccccc4)c4ccccc4)n3C)N(CC)C(=O)C2=C1c1ccc(N(c2ccccc2)c2ccccc2)n1C. The van der Waals surface area contributed by atoms with Gasteiger partial charge >= 0.3 is 0 Å². The van der Waals surface area contributed by atoms with Crippen molar-refractivity contribution in [3.05, 3.63) is 168 Å². The van der Waals surface area contributed by atoms with Crippen LogP contribution in [0.2, 0.25) is 0 Å². The smallest absolute Gasteiger partial charge is 0.261 e. The van der Waals surface area contributed by atoms with Gasteiger partial charge < -0.3 is 18.9 Å². The Kier molecular flexibility index (Phi) is 8.35. The molecule has 8 heteroatoms. The highest BCUT2D eigenvalue weighted by Crippen LogP contribution is 2.48. The number of carbonyl (C=O) groups excluding carboxylic acids is 2. The molecule has 2 aliphatic rings. The Bertz CT molecular complexity index is 2090. The van der Waals surface area contributed by atoms with E-state index in [9.17, 15) is 9.59 Å². The fraction of sp³-hybridized carbons (Fsp3) is 0.136. The fourth-order valence-electron chi connectivity index (χ4n) is 7.59. The lowest BCUT2D eigenvalue weighted by molar-refractivity contribution is -0.124. The first-order valence-electron chi connectivity index (χ1n) is 17.7. The quantitative estimate of drug-likeness (QED) is 0.144. The summed E-state index contributed by atoms with van der Waals surface area (Å²) < 4.78 is 4.17. The van der Waals surface area contributed by atoms with Gasteiger partial charge in [-0.05, 0) is 86.6 Å². The number of anilines is 6. The molecule has 0 unspecified atom stereocenters. The molecule has 2 amide bonds. The Balaban J connectivity index is 1.30. The van der Waals surface area contributed by atoms with Gasteiger partial charge in [0.15, 0.2) is 0 Å². The molecule has 2 aromatic heterocycles. The predicted octanol–water partition coefficient (Wildman–Crippen LogP) is 9.15. The van der Waals surface area contributed by atoms with E-state index in [0.717, 1.165) is 45.8 Å². The monoisotopic (exact) mass is 684 g/mol. The Morgan fingerprint density at radius 3 is 0.981 bits per heavy atom. The highest BCUT2D eigenvalue weighted by atomic mass is 16.2. The Hall–Kier alpha value is -6.54. The number of hydrogen-bond acceptors (Lipinski definition) is 4. The molecule has 0 N–H and O–H groups in total. The van der Waals surface area contributed by atoms with Crippen molar-refractivity contribution in [2.75, 3.05) is 22.9 Å². The summed E-state index contributed by atoms with van der Waals surface area (Å²) in [6.45, 7) is 4.77. The lowest BCUT2D eigenvalue weighted by Crippen LogP contribution is -2.30. The Morgan fingerprint density at radius 2 is 0.712 bits per heavy atom. The predicted molar refractivity (Wildman–Crippen MR) is 209 cm³/mol. The van der Waals surface area contributed by atoms with Crippen LogP contribution in [0.1, 0.15) is 25.2 Å². The molecule has 2 aliphatic heterocycles. The van der Waals surface area contributed by atoms with Gasteiger partial charge in [0.2, 0.25) is 0 Å². The summed E-state index contributed by atoms with van der Waals surface area (Å²) in [5.41, 5.74) is 7.79. The number of para-hydroxylation sites is 4. The first kappa shape index (κ1) is 32.7. The van der Waals surface area contributed by atoms with Crippen LogP contribution in [-0.2, 0) is 23.7 Å². The van der Waals surface area contributed by atoms with Crippen molar-refractivity contribution >= 4 is 57.6 Å². The first-order chi connectivity index (χ1) is 25.4. The van der Waals surface area contributed by atoms with E-state index in [-0.39, 0.29) is 11.8 Å². The highest BCUT2D eigenvalue weighted by Gasteiger charge is 2.49. The van der Waals surface area contributed by atoms with E-state index in [1.54, 1.807) is 9.80 Å². The van der Waals surface area contributed by atoms with Crippen molar-refractivity contribution in [2.24, 2.45) is 14.1 Å². The summed E-state index contributed by atoms with van der Waals surface area (Å²) in [4.78, 5) is 37.1. The third kappa shape index (κ3) is 5.14. The van der Waals surface area contributed by atoms with Crippen LogP contribution in [0.3, 0.4) is 0 Å². The molecule has 0 bridgehead atoms. The molecule has 0 radical (unpaired) electrons. The number of likely N-dealkylation sites (N-methyl/N-ethyl adjacent to an activating group) is 2. The number of rotatable bonds is 10. The van der Waals surface area contributed by atoms with E-state index < -0.39 is 0 Å². The number of fused-ring (bicyclic) bond motifs is 1. The molecule has 0 fully saturated rings. The molecule has 0 spiro atoms. The molecule has 4 heterocycles. The minimum absolute atomic E-state index is 0.164. The van der Waals surface area contributed by atoms with E-state index in [1.807, 2.05) is 113 Å². The van der Waals surface area contributed by atoms with E-state index in [4.69, 9.17) is 0 Å². The van der Waals surface area contributed by atoms with Crippen LogP contribution >= 0.6 is 0 Å². The molecule has 0 saturated carbocycles. The molecule has 0 atom stereocenters. The third-order valence-electron chi connectivity index (χ3n) is 10.0. The maximum Gasteiger partial charge on any atom is 0.261 e.